The van der Waals surface area contributed by atoms with Gasteiger partial charge in [0.25, 0.3) is 0 Å². The van der Waals surface area contributed by atoms with E-state index in [1.165, 1.54) is 0 Å². The fraction of sp³-hybridized carbons (Fsp3) is 0.500. The Morgan fingerprint density at radius 1 is 1.50 bits per heavy atom. The van der Waals surface area contributed by atoms with Gasteiger partial charge in [0, 0.05) is 18.4 Å². The summed E-state index contributed by atoms with van der Waals surface area (Å²) in [6.45, 7) is 0. The predicted molar refractivity (Wildman–Crippen MR) is 60.0 cm³/mol. The van der Waals surface area contributed by atoms with Crippen molar-refractivity contribution in [1.29, 1.82) is 0 Å². The SMILES string of the molecule is NC1CCC(C(=O)O)(c2cccnc2)CC1. The van der Waals surface area contributed by atoms with Crippen LogP contribution in [0.2, 0.25) is 0 Å². The molecule has 1 aromatic rings. The van der Waals surface area contributed by atoms with Gasteiger partial charge >= 0.3 is 5.97 Å². The van der Waals surface area contributed by atoms with E-state index in [9.17, 15) is 9.90 Å². The first-order chi connectivity index (χ1) is 7.65. The molecule has 16 heavy (non-hydrogen) atoms. The molecule has 0 bridgehead atoms. The Hall–Kier alpha value is -1.42. The van der Waals surface area contributed by atoms with Crippen molar-refractivity contribution in [3.8, 4) is 0 Å². The molecule has 3 N–H and O–H groups in total. The number of carboxylic acid groups (broad SMARTS) is 1. The Labute approximate surface area is 94.5 Å². The molecular formula is C12H16N2O2. The molecule has 0 atom stereocenters. The largest absolute Gasteiger partial charge is 0.481 e. The minimum Gasteiger partial charge on any atom is -0.481 e. The summed E-state index contributed by atoms with van der Waals surface area (Å²) in [6.07, 6.45) is 6.06. The van der Waals surface area contributed by atoms with Gasteiger partial charge in [0.05, 0.1) is 5.41 Å². The van der Waals surface area contributed by atoms with E-state index in [1.54, 1.807) is 18.5 Å². The fourth-order valence-electron chi connectivity index (χ4n) is 2.40. The lowest BCUT2D eigenvalue weighted by molar-refractivity contribution is -0.145. The van der Waals surface area contributed by atoms with Gasteiger partial charge in [-0.25, -0.2) is 0 Å². The Kier molecular flexibility index (Phi) is 2.92. The zero-order valence-corrected chi connectivity index (χ0v) is 9.10. The highest BCUT2D eigenvalue weighted by atomic mass is 16.4. The van der Waals surface area contributed by atoms with Crippen molar-refractivity contribution in [3.63, 3.8) is 0 Å². The second-order valence-corrected chi connectivity index (χ2v) is 4.47. The Morgan fingerprint density at radius 3 is 2.69 bits per heavy atom. The molecule has 4 heteroatoms. The topological polar surface area (TPSA) is 76.2 Å². The van der Waals surface area contributed by atoms with Crippen molar-refractivity contribution in [3.05, 3.63) is 30.1 Å². The summed E-state index contributed by atoms with van der Waals surface area (Å²) in [5.41, 5.74) is 5.85. The molecule has 2 rings (SSSR count). The summed E-state index contributed by atoms with van der Waals surface area (Å²) in [4.78, 5) is 15.5. The first-order valence-electron chi connectivity index (χ1n) is 5.55. The molecule has 0 spiro atoms. The third-order valence-corrected chi connectivity index (χ3v) is 3.51. The van der Waals surface area contributed by atoms with Crippen LogP contribution in [-0.2, 0) is 10.2 Å². The first-order valence-corrected chi connectivity index (χ1v) is 5.55. The summed E-state index contributed by atoms with van der Waals surface area (Å²) >= 11 is 0. The van der Waals surface area contributed by atoms with E-state index < -0.39 is 11.4 Å². The normalized spacial score (nSPS) is 29.9. The van der Waals surface area contributed by atoms with Crippen molar-refractivity contribution in [2.75, 3.05) is 0 Å². The molecule has 1 fully saturated rings. The quantitative estimate of drug-likeness (QED) is 0.787. The molecule has 0 radical (unpaired) electrons. The van der Waals surface area contributed by atoms with Crippen LogP contribution < -0.4 is 5.73 Å². The average molecular weight is 220 g/mol. The molecule has 4 nitrogen and oxygen atoms in total. The minimum absolute atomic E-state index is 0.143. The van der Waals surface area contributed by atoms with Gasteiger partial charge in [-0.05, 0) is 37.3 Å². The molecular weight excluding hydrogens is 204 g/mol. The van der Waals surface area contributed by atoms with Crippen LogP contribution in [0.25, 0.3) is 0 Å². The Morgan fingerprint density at radius 2 is 2.19 bits per heavy atom. The van der Waals surface area contributed by atoms with E-state index >= 15 is 0 Å². The van der Waals surface area contributed by atoms with Gasteiger partial charge < -0.3 is 10.8 Å². The summed E-state index contributed by atoms with van der Waals surface area (Å²) in [5, 5.41) is 9.46. The van der Waals surface area contributed by atoms with Crippen LogP contribution >= 0.6 is 0 Å². The van der Waals surface area contributed by atoms with Crippen LogP contribution in [0.5, 0.6) is 0 Å². The number of nitrogens with zero attached hydrogens (tertiary/aromatic N) is 1. The maximum Gasteiger partial charge on any atom is 0.314 e. The third-order valence-electron chi connectivity index (χ3n) is 3.51. The molecule has 0 amide bonds. The van der Waals surface area contributed by atoms with Crippen LogP contribution in [0.3, 0.4) is 0 Å². The standard InChI is InChI=1S/C12H16N2O2/c13-10-3-5-12(6-4-10,11(15)16)9-2-1-7-14-8-9/h1-2,7-8,10H,3-6,13H2,(H,15,16). The van der Waals surface area contributed by atoms with E-state index in [0.717, 1.165) is 18.4 Å². The number of aromatic nitrogens is 1. The van der Waals surface area contributed by atoms with Crippen LogP contribution in [0.4, 0.5) is 0 Å². The molecule has 1 heterocycles. The maximum atomic E-state index is 11.5. The number of hydrogen-bond acceptors (Lipinski definition) is 3. The molecule has 86 valence electrons. The van der Waals surface area contributed by atoms with Crippen molar-refractivity contribution < 1.29 is 9.90 Å². The minimum atomic E-state index is -0.774. The zero-order valence-electron chi connectivity index (χ0n) is 9.10. The molecule has 0 aliphatic heterocycles. The van der Waals surface area contributed by atoms with Crippen molar-refractivity contribution in [2.24, 2.45) is 5.73 Å². The van der Waals surface area contributed by atoms with E-state index in [1.807, 2.05) is 6.07 Å². The van der Waals surface area contributed by atoms with Gasteiger partial charge in [-0.1, -0.05) is 6.07 Å². The number of carbonyl (C=O) groups is 1. The van der Waals surface area contributed by atoms with Gasteiger partial charge in [0.1, 0.15) is 0 Å². The number of hydrogen-bond donors (Lipinski definition) is 2. The van der Waals surface area contributed by atoms with E-state index in [0.29, 0.717) is 12.8 Å². The number of carboxylic acids is 1. The van der Waals surface area contributed by atoms with E-state index in [4.69, 9.17) is 5.73 Å². The van der Waals surface area contributed by atoms with Crippen molar-refractivity contribution >= 4 is 5.97 Å². The van der Waals surface area contributed by atoms with Crippen LogP contribution in [0.1, 0.15) is 31.2 Å². The average Bonchev–Trinajstić information content (AvgIpc) is 2.31. The Bertz CT molecular complexity index is 370. The lowest BCUT2D eigenvalue weighted by atomic mass is 9.69. The second-order valence-electron chi connectivity index (χ2n) is 4.47. The lowest BCUT2D eigenvalue weighted by Gasteiger charge is -2.35. The van der Waals surface area contributed by atoms with E-state index in [-0.39, 0.29) is 6.04 Å². The molecule has 0 aromatic carbocycles. The molecule has 0 unspecified atom stereocenters. The van der Waals surface area contributed by atoms with Gasteiger partial charge in [0.2, 0.25) is 0 Å². The van der Waals surface area contributed by atoms with Gasteiger partial charge in [-0.2, -0.15) is 0 Å². The Balaban J connectivity index is 2.34. The molecule has 1 saturated carbocycles. The maximum absolute atomic E-state index is 11.5. The smallest absolute Gasteiger partial charge is 0.314 e. The molecule has 1 aliphatic rings. The van der Waals surface area contributed by atoms with Crippen LogP contribution in [-0.4, -0.2) is 22.1 Å². The van der Waals surface area contributed by atoms with Gasteiger partial charge in [-0.15, -0.1) is 0 Å². The number of pyridine rings is 1. The lowest BCUT2D eigenvalue weighted by Crippen LogP contribution is -2.42. The molecule has 1 aromatic heterocycles. The van der Waals surface area contributed by atoms with Gasteiger partial charge in [0.15, 0.2) is 0 Å². The zero-order chi connectivity index (χ0) is 11.6. The molecule has 0 saturated heterocycles. The predicted octanol–water partition coefficient (Wildman–Crippen LogP) is 1.31. The van der Waals surface area contributed by atoms with Crippen molar-refractivity contribution in [2.45, 2.75) is 37.1 Å². The number of rotatable bonds is 2. The third kappa shape index (κ3) is 1.80. The highest BCUT2D eigenvalue weighted by Crippen LogP contribution is 2.38. The number of nitrogens with two attached hydrogens (primary N) is 1. The summed E-state index contributed by atoms with van der Waals surface area (Å²) in [6, 6.07) is 3.77. The monoisotopic (exact) mass is 220 g/mol. The highest BCUT2D eigenvalue weighted by Gasteiger charge is 2.42. The van der Waals surface area contributed by atoms with Crippen LogP contribution in [0.15, 0.2) is 24.5 Å². The summed E-state index contributed by atoms with van der Waals surface area (Å²) in [7, 11) is 0. The number of aliphatic carboxylic acids is 1. The summed E-state index contributed by atoms with van der Waals surface area (Å²) in [5.74, 6) is -0.757. The van der Waals surface area contributed by atoms with Gasteiger partial charge in [-0.3, -0.25) is 9.78 Å². The fourth-order valence-corrected chi connectivity index (χ4v) is 2.40. The highest BCUT2D eigenvalue weighted by molar-refractivity contribution is 5.81. The van der Waals surface area contributed by atoms with Crippen molar-refractivity contribution in [1.82, 2.24) is 4.98 Å². The van der Waals surface area contributed by atoms with Crippen LogP contribution in [0, 0.1) is 0 Å². The molecule has 1 aliphatic carbocycles. The first kappa shape index (κ1) is 11.1. The summed E-state index contributed by atoms with van der Waals surface area (Å²) < 4.78 is 0. The van der Waals surface area contributed by atoms with E-state index in [2.05, 4.69) is 4.98 Å². The second kappa shape index (κ2) is 4.22.